The van der Waals surface area contributed by atoms with E-state index in [9.17, 15) is 9.90 Å². The number of nitrogens with zero attached hydrogens (tertiary/aromatic N) is 2. The maximum absolute atomic E-state index is 12.1. The molecule has 2 fully saturated rings. The van der Waals surface area contributed by atoms with Crippen LogP contribution in [-0.2, 0) is 22.5 Å². The number of aryl methyl sites for hydroxylation is 1. The van der Waals surface area contributed by atoms with Crippen LogP contribution in [0.4, 0.5) is 0 Å². The maximum atomic E-state index is 12.1. The summed E-state index contributed by atoms with van der Waals surface area (Å²) < 4.78 is 10.8. The van der Waals surface area contributed by atoms with Gasteiger partial charge in [-0.15, -0.1) is 0 Å². The van der Waals surface area contributed by atoms with Gasteiger partial charge in [0.2, 0.25) is 5.91 Å². The molecule has 0 radical (unpaired) electrons. The number of piperidine rings is 1. The van der Waals surface area contributed by atoms with E-state index >= 15 is 0 Å². The number of likely N-dealkylation sites (tertiary alicyclic amines) is 2. The number of carbonyl (C=O) groups excluding carboxylic acids is 1. The molecule has 2 aliphatic heterocycles. The molecule has 2 aliphatic rings. The van der Waals surface area contributed by atoms with E-state index in [1.165, 1.54) is 0 Å². The molecule has 0 saturated carbocycles. The average Bonchev–Trinajstić information content (AvgIpc) is 3.19. The molecule has 0 bridgehead atoms. The molecule has 3 heterocycles. The molecule has 6 nitrogen and oxygen atoms in total. The highest BCUT2D eigenvalue weighted by atomic mass is 16.5. The standard InChI is InChI=1S/C18H28N2O4/c1-3-15-4-5-16(24-15)9-19-7-6-14-8-20(17(22)10-23-2)12-18(14,11-19)13-21/h4-5,14,21H,3,6-13H2,1-2H3/t14-,18+/m0/s1. The largest absolute Gasteiger partial charge is 0.465 e. The third-order valence-electron chi connectivity index (χ3n) is 5.53. The van der Waals surface area contributed by atoms with E-state index in [4.69, 9.17) is 9.15 Å². The molecule has 0 unspecified atom stereocenters. The van der Waals surface area contributed by atoms with Gasteiger partial charge < -0.3 is 19.2 Å². The molecule has 0 aromatic carbocycles. The number of amides is 1. The van der Waals surface area contributed by atoms with E-state index < -0.39 is 0 Å². The Morgan fingerprint density at radius 2 is 2.21 bits per heavy atom. The normalized spacial score (nSPS) is 27.5. The Morgan fingerprint density at radius 3 is 2.88 bits per heavy atom. The lowest BCUT2D eigenvalue weighted by molar-refractivity contribution is -0.134. The predicted octanol–water partition coefficient (Wildman–Crippen LogP) is 1.13. The van der Waals surface area contributed by atoms with Gasteiger partial charge in [0.1, 0.15) is 18.1 Å². The van der Waals surface area contributed by atoms with Crippen molar-refractivity contribution in [3.05, 3.63) is 23.7 Å². The van der Waals surface area contributed by atoms with Gasteiger partial charge in [0.15, 0.2) is 0 Å². The highest BCUT2D eigenvalue weighted by Gasteiger charge is 2.50. The minimum atomic E-state index is -0.220. The van der Waals surface area contributed by atoms with Crippen molar-refractivity contribution in [1.82, 2.24) is 9.80 Å². The van der Waals surface area contributed by atoms with Crippen LogP contribution in [0.25, 0.3) is 0 Å². The number of carbonyl (C=O) groups is 1. The predicted molar refractivity (Wildman–Crippen MR) is 89.4 cm³/mol. The highest BCUT2D eigenvalue weighted by Crippen LogP contribution is 2.42. The van der Waals surface area contributed by atoms with Crippen molar-refractivity contribution >= 4 is 5.91 Å². The summed E-state index contributed by atoms with van der Waals surface area (Å²) in [5.41, 5.74) is -0.220. The quantitative estimate of drug-likeness (QED) is 0.844. The molecule has 1 aromatic rings. The number of fused-ring (bicyclic) bond motifs is 1. The van der Waals surface area contributed by atoms with Gasteiger partial charge in [0, 0.05) is 38.6 Å². The Hall–Kier alpha value is -1.37. The van der Waals surface area contributed by atoms with Crippen molar-refractivity contribution in [2.45, 2.75) is 26.3 Å². The van der Waals surface area contributed by atoms with Crippen LogP contribution in [0.15, 0.2) is 16.5 Å². The molecule has 0 aliphatic carbocycles. The van der Waals surface area contributed by atoms with Gasteiger partial charge in [0.25, 0.3) is 0 Å². The zero-order valence-corrected chi connectivity index (χ0v) is 14.7. The summed E-state index contributed by atoms with van der Waals surface area (Å²) >= 11 is 0. The number of rotatable bonds is 6. The van der Waals surface area contributed by atoms with Crippen molar-refractivity contribution in [1.29, 1.82) is 0 Å². The first-order valence-corrected chi connectivity index (χ1v) is 8.77. The first-order valence-electron chi connectivity index (χ1n) is 8.77. The maximum Gasteiger partial charge on any atom is 0.248 e. The molecule has 6 heteroatoms. The summed E-state index contributed by atoms with van der Waals surface area (Å²) in [6, 6.07) is 4.07. The van der Waals surface area contributed by atoms with E-state index in [1.807, 2.05) is 17.0 Å². The lowest BCUT2D eigenvalue weighted by Crippen LogP contribution is -2.50. The lowest BCUT2D eigenvalue weighted by atomic mass is 9.74. The minimum absolute atomic E-state index is 0.0184. The summed E-state index contributed by atoms with van der Waals surface area (Å²) in [4.78, 5) is 16.3. The van der Waals surface area contributed by atoms with Crippen LogP contribution in [-0.4, -0.2) is 67.3 Å². The molecule has 1 N–H and O–H groups in total. The molecule has 0 spiro atoms. The van der Waals surface area contributed by atoms with Gasteiger partial charge in [-0.2, -0.15) is 0 Å². The van der Waals surface area contributed by atoms with Crippen LogP contribution in [0.3, 0.4) is 0 Å². The molecule has 24 heavy (non-hydrogen) atoms. The van der Waals surface area contributed by atoms with E-state index in [-0.39, 0.29) is 24.5 Å². The van der Waals surface area contributed by atoms with Crippen molar-refractivity contribution < 1.29 is 19.1 Å². The Balaban J connectivity index is 1.66. The van der Waals surface area contributed by atoms with Crippen LogP contribution in [0.1, 0.15) is 24.9 Å². The van der Waals surface area contributed by atoms with Crippen molar-refractivity contribution in [2.75, 3.05) is 46.5 Å². The zero-order chi connectivity index (χ0) is 17.2. The van der Waals surface area contributed by atoms with E-state index in [0.29, 0.717) is 12.5 Å². The van der Waals surface area contributed by atoms with Gasteiger partial charge in [-0.3, -0.25) is 9.69 Å². The van der Waals surface area contributed by atoms with Crippen molar-refractivity contribution in [3.63, 3.8) is 0 Å². The summed E-state index contributed by atoms with van der Waals surface area (Å²) in [6.07, 6.45) is 1.90. The number of furan rings is 1. The van der Waals surface area contributed by atoms with Gasteiger partial charge in [-0.1, -0.05) is 6.92 Å². The Bertz CT molecular complexity index is 573. The second-order valence-electron chi connectivity index (χ2n) is 7.15. The van der Waals surface area contributed by atoms with Gasteiger partial charge in [-0.05, 0) is 31.0 Å². The number of hydrogen-bond acceptors (Lipinski definition) is 5. The molecular weight excluding hydrogens is 308 g/mol. The van der Waals surface area contributed by atoms with E-state index in [1.54, 1.807) is 7.11 Å². The van der Waals surface area contributed by atoms with Crippen LogP contribution in [0.2, 0.25) is 0 Å². The topological polar surface area (TPSA) is 66.2 Å². The Kier molecular flexibility index (Phi) is 5.27. The summed E-state index contributed by atoms with van der Waals surface area (Å²) in [5, 5.41) is 10.1. The number of aliphatic hydroxyl groups is 1. The fourth-order valence-corrected chi connectivity index (χ4v) is 4.16. The van der Waals surface area contributed by atoms with Crippen molar-refractivity contribution in [3.8, 4) is 0 Å². The molecule has 1 amide bonds. The molecule has 1 aromatic heterocycles. The Labute approximate surface area is 143 Å². The summed E-state index contributed by atoms with van der Waals surface area (Å²) in [5.74, 6) is 2.37. The minimum Gasteiger partial charge on any atom is -0.465 e. The molecular formula is C18H28N2O4. The van der Waals surface area contributed by atoms with Crippen LogP contribution in [0.5, 0.6) is 0 Å². The monoisotopic (exact) mass is 336 g/mol. The molecule has 2 saturated heterocycles. The fourth-order valence-electron chi connectivity index (χ4n) is 4.16. The van der Waals surface area contributed by atoms with Crippen LogP contribution in [0, 0.1) is 11.3 Å². The van der Waals surface area contributed by atoms with Crippen LogP contribution < -0.4 is 0 Å². The van der Waals surface area contributed by atoms with Crippen LogP contribution >= 0.6 is 0 Å². The molecule has 2 atom stereocenters. The molecule has 3 rings (SSSR count). The zero-order valence-electron chi connectivity index (χ0n) is 14.7. The lowest BCUT2D eigenvalue weighted by Gasteiger charge is -2.42. The number of aliphatic hydroxyl groups excluding tert-OH is 1. The third-order valence-corrected chi connectivity index (χ3v) is 5.53. The van der Waals surface area contributed by atoms with E-state index in [2.05, 4.69) is 11.8 Å². The average molecular weight is 336 g/mol. The highest BCUT2D eigenvalue weighted by molar-refractivity contribution is 5.77. The summed E-state index contributed by atoms with van der Waals surface area (Å²) in [6.45, 7) is 6.20. The van der Waals surface area contributed by atoms with E-state index in [0.717, 1.165) is 50.5 Å². The first kappa shape index (κ1) is 17.5. The SMILES string of the molecule is CCc1ccc(CN2CC[C@H]3CN(C(=O)COC)C[C@@]3(CO)C2)o1. The Morgan fingerprint density at radius 1 is 1.42 bits per heavy atom. The smallest absolute Gasteiger partial charge is 0.248 e. The summed E-state index contributed by atoms with van der Waals surface area (Å²) in [7, 11) is 1.54. The number of methoxy groups -OCH3 is 1. The first-order chi connectivity index (χ1) is 11.6. The number of ether oxygens (including phenoxy) is 1. The van der Waals surface area contributed by atoms with Crippen molar-refractivity contribution in [2.24, 2.45) is 11.3 Å². The second kappa shape index (κ2) is 7.25. The fraction of sp³-hybridized carbons (Fsp3) is 0.722. The van der Waals surface area contributed by atoms with Gasteiger partial charge in [0.05, 0.1) is 13.2 Å². The molecule has 134 valence electrons. The third kappa shape index (κ3) is 3.36. The van der Waals surface area contributed by atoms with Gasteiger partial charge >= 0.3 is 0 Å². The second-order valence-corrected chi connectivity index (χ2v) is 7.15. The van der Waals surface area contributed by atoms with Gasteiger partial charge in [-0.25, -0.2) is 0 Å². The number of hydrogen-bond donors (Lipinski definition) is 1.